The van der Waals surface area contributed by atoms with Crippen LogP contribution >= 0.6 is 0 Å². The number of phenolic OH excluding ortho intramolecular Hbond substituents is 1. The third-order valence-corrected chi connectivity index (χ3v) is 4.51. The largest absolute Gasteiger partial charge is 0.508 e. The lowest BCUT2D eigenvalue weighted by Crippen LogP contribution is -2.27. The molecule has 0 aliphatic carbocycles. The van der Waals surface area contributed by atoms with Gasteiger partial charge in [0, 0.05) is 32.0 Å². The van der Waals surface area contributed by atoms with Gasteiger partial charge in [-0.1, -0.05) is 12.5 Å². The molecule has 1 N–H and O–H groups in total. The Morgan fingerprint density at radius 1 is 1.00 bits per heavy atom. The molecule has 0 unspecified atom stereocenters. The molecular formula is C18H25N3O. The van der Waals surface area contributed by atoms with E-state index in [2.05, 4.69) is 16.1 Å². The van der Waals surface area contributed by atoms with Crippen molar-refractivity contribution in [1.29, 1.82) is 0 Å². The number of unbranched alkanes of at least 4 members (excludes halogenated alkanes) is 2. The van der Waals surface area contributed by atoms with Crippen molar-refractivity contribution in [3.63, 3.8) is 0 Å². The standard InChI is InChI=1S/C18H25N3O/c22-18-6-5-16-7-13-20(14-8-17(16)15-18)10-2-1-3-11-21-12-4-9-19-21/h4-6,9,12,15,22H,1-3,7-8,10-11,13-14H2. The van der Waals surface area contributed by atoms with Crippen molar-refractivity contribution in [3.05, 3.63) is 47.8 Å². The maximum atomic E-state index is 9.60. The van der Waals surface area contributed by atoms with Gasteiger partial charge < -0.3 is 10.0 Å². The van der Waals surface area contributed by atoms with Crippen LogP contribution in [0.1, 0.15) is 30.4 Å². The summed E-state index contributed by atoms with van der Waals surface area (Å²) in [7, 11) is 0. The first-order valence-corrected chi connectivity index (χ1v) is 8.32. The summed E-state index contributed by atoms with van der Waals surface area (Å²) in [5, 5.41) is 13.8. The molecule has 1 aromatic carbocycles. The highest BCUT2D eigenvalue weighted by Gasteiger charge is 2.13. The van der Waals surface area contributed by atoms with Crippen LogP contribution in [-0.2, 0) is 19.4 Å². The Balaban J connectivity index is 1.38. The third-order valence-electron chi connectivity index (χ3n) is 4.51. The molecule has 0 spiro atoms. The molecule has 3 rings (SSSR count). The summed E-state index contributed by atoms with van der Waals surface area (Å²) in [5.74, 6) is 0.394. The summed E-state index contributed by atoms with van der Waals surface area (Å²) < 4.78 is 2.01. The Morgan fingerprint density at radius 2 is 1.82 bits per heavy atom. The predicted octanol–water partition coefficient (Wildman–Crippen LogP) is 2.86. The normalized spacial score (nSPS) is 15.5. The van der Waals surface area contributed by atoms with Crippen LogP contribution in [0.3, 0.4) is 0 Å². The summed E-state index contributed by atoms with van der Waals surface area (Å²) in [4.78, 5) is 2.56. The number of nitrogens with zero attached hydrogens (tertiary/aromatic N) is 3. The number of phenols is 1. The Kier molecular flexibility index (Phi) is 5.11. The molecule has 0 saturated heterocycles. The monoisotopic (exact) mass is 299 g/mol. The molecule has 4 nitrogen and oxygen atoms in total. The van der Waals surface area contributed by atoms with Gasteiger partial charge in [-0.3, -0.25) is 4.68 Å². The van der Waals surface area contributed by atoms with Gasteiger partial charge in [0.2, 0.25) is 0 Å². The van der Waals surface area contributed by atoms with E-state index >= 15 is 0 Å². The molecule has 2 heterocycles. The maximum absolute atomic E-state index is 9.60. The summed E-state index contributed by atoms with van der Waals surface area (Å²) in [6, 6.07) is 7.80. The van der Waals surface area contributed by atoms with Gasteiger partial charge in [0.15, 0.2) is 0 Å². The summed E-state index contributed by atoms with van der Waals surface area (Å²) in [5.41, 5.74) is 2.72. The molecule has 0 saturated carbocycles. The van der Waals surface area contributed by atoms with E-state index in [0.717, 1.165) is 32.5 Å². The van der Waals surface area contributed by atoms with E-state index in [1.807, 2.05) is 35.3 Å². The van der Waals surface area contributed by atoms with Gasteiger partial charge in [-0.05, 0) is 61.6 Å². The molecule has 2 aromatic rings. The molecular weight excluding hydrogens is 274 g/mol. The van der Waals surface area contributed by atoms with Crippen LogP contribution in [0.25, 0.3) is 0 Å². The Morgan fingerprint density at radius 3 is 2.64 bits per heavy atom. The fraction of sp³-hybridized carbons (Fsp3) is 0.500. The number of fused-ring (bicyclic) bond motifs is 1. The van der Waals surface area contributed by atoms with Crippen LogP contribution in [0.15, 0.2) is 36.7 Å². The lowest BCUT2D eigenvalue weighted by atomic mass is 10.0. The fourth-order valence-corrected chi connectivity index (χ4v) is 3.20. The molecule has 4 heteroatoms. The first-order chi connectivity index (χ1) is 10.8. The van der Waals surface area contributed by atoms with Gasteiger partial charge in [-0.15, -0.1) is 0 Å². The minimum absolute atomic E-state index is 0.394. The molecule has 0 atom stereocenters. The van der Waals surface area contributed by atoms with E-state index in [1.54, 1.807) is 0 Å². The van der Waals surface area contributed by atoms with Gasteiger partial charge in [-0.25, -0.2) is 0 Å². The zero-order valence-corrected chi connectivity index (χ0v) is 13.1. The average molecular weight is 299 g/mol. The van der Waals surface area contributed by atoms with Gasteiger partial charge in [0.1, 0.15) is 5.75 Å². The van der Waals surface area contributed by atoms with E-state index < -0.39 is 0 Å². The van der Waals surface area contributed by atoms with Crippen LogP contribution in [0.4, 0.5) is 0 Å². The molecule has 118 valence electrons. The van der Waals surface area contributed by atoms with Gasteiger partial charge >= 0.3 is 0 Å². The van der Waals surface area contributed by atoms with E-state index in [1.165, 1.54) is 36.9 Å². The van der Waals surface area contributed by atoms with Crippen molar-refractivity contribution in [2.75, 3.05) is 19.6 Å². The lowest BCUT2D eigenvalue weighted by Gasteiger charge is -2.19. The van der Waals surface area contributed by atoms with Crippen molar-refractivity contribution in [2.24, 2.45) is 0 Å². The molecule has 1 aliphatic heterocycles. The Bertz CT molecular complexity index is 580. The number of hydrogen-bond acceptors (Lipinski definition) is 3. The zero-order chi connectivity index (χ0) is 15.2. The van der Waals surface area contributed by atoms with Crippen molar-refractivity contribution in [1.82, 2.24) is 14.7 Å². The number of aromatic nitrogens is 2. The Labute approximate surface area is 132 Å². The van der Waals surface area contributed by atoms with E-state index in [9.17, 15) is 5.11 Å². The van der Waals surface area contributed by atoms with Crippen LogP contribution in [-0.4, -0.2) is 39.4 Å². The van der Waals surface area contributed by atoms with Crippen molar-refractivity contribution >= 4 is 0 Å². The van der Waals surface area contributed by atoms with Gasteiger partial charge in [0.25, 0.3) is 0 Å². The number of aryl methyl sites for hydroxylation is 1. The molecule has 0 bridgehead atoms. The second-order valence-corrected chi connectivity index (χ2v) is 6.12. The quantitative estimate of drug-likeness (QED) is 0.834. The zero-order valence-electron chi connectivity index (χ0n) is 13.1. The summed E-state index contributed by atoms with van der Waals surface area (Å²) in [6.45, 7) is 4.45. The second kappa shape index (κ2) is 7.45. The van der Waals surface area contributed by atoms with Crippen LogP contribution in [0.2, 0.25) is 0 Å². The van der Waals surface area contributed by atoms with E-state index in [4.69, 9.17) is 0 Å². The lowest BCUT2D eigenvalue weighted by molar-refractivity contribution is 0.279. The maximum Gasteiger partial charge on any atom is 0.115 e. The highest BCUT2D eigenvalue weighted by Crippen LogP contribution is 2.21. The molecule has 1 aliphatic rings. The van der Waals surface area contributed by atoms with Gasteiger partial charge in [-0.2, -0.15) is 5.10 Å². The van der Waals surface area contributed by atoms with Crippen LogP contribution < -0.4 is 0 Å². The first kappa shape index (κ1) is 15.1. The third kappa shape index (κ3) is 4.10. The first-order valence-electron chi connectivity index (χ1n) is 8.32. The minimum Gasteiger partial charge on any atom is -0.508 e. The minimum atomic E-state index is 0.394. The topological polar surface area (TPSA) is 41.3 Å². The SMILES string of the molecule is Oc1ccc2c(c1)CCN(CCCCCn1cccn1)CC2. The van der Waals surface area contributed by atoms with E-state index in [-0.39, 0.29) is 0 Å². The number of rotatable bonds is 6. The predicted molar refractivity (Wildman–Crippen MR) is 88.0 cm³/mol. The van der Waals surface area contributed by atoms with Gasteiger partial charge in [0.05, 0.1) is 0 Å². The van der Waals surface area contributed by atoms with Crippen LogP contribution in [0, 0.1) is 0 Å². The Hall–Kier alpha value is -1.81. The summed E-state index contributed by atoms with van der Waals surface area (Å²) >= 11 is 0. The number of hydrogen-bond donors (Lipinski definition) is 1. The fourth-order valence-electron chi connectivity index (χ4n) is 3.20. The second-order valence-electron chi connectivity index (χ2n) is 6.12. The number of benzene rings is 1. The highest BCUT2D eigenvalue weighted by molar-refractivity contribution is 5.35. The number of aromatic hydroxyl groups is 1. The smallest absolute Gasteiger partial charge is 0.115 e. The molecule has 1 aromatic heterocycles. The molecule has 0 amide bonds. The van der Waals surface area contributed by atoms with Crippen molar-refractivity contribution < 1.29 is 5.11 Å². The molecule has 0 fully saturated rings. The highest BCUT2D eigenvalue weighted by atomic mass is 16.3. The molecule has 22 heavy (non-hydrogen) atoms. The van der Waals surface area contributed by atoms with Crippen LogP contribution in [0.5, 0.6) is 5.75 Å². The van der Waals surface area contributed by atoms with Crippen molar-refractivity contribution in [2.45, 2.75) is 38.6 Å². The summed E-state index contributed by atoms with van der Waals surface area (Å²) in [6.07, 6.45) is 9.73. The van der Waals surface area contributed by atoms with E-state index in [0.29, 0.717) is 5.75 Å². The molecule has 0 radical (unpaired) electrons. The average Bonchev–Trinajstić information content (AvgIpc) is 2.95. The van der Waals surface area contributed by atoms with Crippen molar-refractivity contribution in [3.8, 4) is 5.75 Å².